The summed E-state index contributed by atoms with van der Waals surface area (Å²) in [4.78, 5) is 70.6. The summed E-state index contributed by atoms with van der Waals surface area (Å²) in [5.74, 6) is -1.14. The number of halogens is 2. The minimum atomic E-state index is -2.80. The van der Waals surface area contributed by atoms with Gasteiger partial charge in [0.2, 0.25) is 18.4 Å². The lowest BCUT2D eigenvalue weighted by molar-refractivity contribution is -0.480. The van der Waals surface area contributed by atoms with Crippen molar-refractivity contribution in [1.29, 1.82) is 0 Å². The first-order chi connectivity index (χ1) is 32.4. The molecule has 2 saturated heterocycles. The summed E-state index contributed by atoms with van der Waals surface area (Å²) in [5, 5.41) is 21.4. The molecular formula is C48H60F2N10O7+2. The highest BCUT2D eigenvalue weighted by atomic mass is 19.3. The molecule has 19 heteroatoms. The number of hydrogen-bond acceptors (Lipinski definition) is 10. The number of carbonyl (C=O) groups excluding carboxylic acids is 4. The Balaban J connectivity index is 0.809. The molecule has 2 atom stereocenters. The van der Waals surface area contributed by atoms with E-state index >= 15 is 0 Å². The van der Waals surface area contributed by atoms with E-state index in [9.17, 15) is 38.0 Å². The Labute approximate surface area is 387 Å². The molecule has 4 amide bonds. The van der Waals surface area contributed by atoms with Crippen LogP contribution in [0.25, 0.3) is 11.1 Å². The maximum atomic E-state index is 14.9. The molecule has 0 bridgehead atoms. The number of aromatic nitrogens is 2. The summed E-state index contributed by atoms with van der Waals surface area (Å²) in [6.07, 6.45) is 9.56. The van der Waals surface area contributed by atoms with Crippen LogP contribution in [0.3, 0.4) is 0 Å². The number of carbonyl (C=O) groups is 4. The van der Waals surface area contributed by atoms with E-state index in [1.165, 1.54) is 23.9 Å². The largest absolute Gasteiger partial charge is 0.455 e. The smallest absolute Gasteiger partial charge is 0.385 e. The Morgan fingerprint density at radius 3 is 2.55 bits per heavy atom. The lowest BCUT2D eigenvalue weighted by Crippen LogP contribution is -2.49. The Kier molecular flexibility index (Phi) is 14.9. The number of nitroso groups, excluding NO2 is 1. The van der Waals surface area contributed by atoms with Gasteiger partial charge in [-0.05, 0) is 80.3 Å². The van der Waals surface area contributed by atoms with Crippen molar-refractivity contribution >= 4 is 46.6 Å². The van der Waals surface area contributed by atoms with Gasteiger partial charge in [-0.1, -0.05) is 25.3 Å². The van der Waals surface area contributed by atoms with Gasteiger partial charge in [-0.3, -0.25) is 34.7 Å². The van der Waals surface area contributed by atoms with Crippen molar-refractivity contribution in [3.05, 3.63) is 81.7 Å². The number of nitrogens with two attached hydrogens (primary N) is 1. The number of amidine groups is 1. The number of amides is 4. The Hall–Kier alpha value is -6.21. The van der Waals surface area contributed by atoms with Gasteiger partial charge in [0, 0.05) is 97.9 Å². The molecule has 2 unspecified atom stereocenters. The summed E-state index contributed by atoms with van der Waals surface area (Å²) in [6, 6.07) is 7.54. The molecule has 3 aromatic rings. The van der Waals surface area contributed by atoms with E-state index in [0.29, 0.717) is 109 Å². The maximum Gasteiger partial charge on any atom is 0.455 e. The zero-order valence-electron chi connectivity index (χ0n) is 37.9. The van der Waals surface area contributed by atoms with Crippen LogP contribution in [0.1, 0.15) is 117 Å². The van der Waals surface area contributed by atoms with Crippen molar-refractivity contribution in [2.24, 2.45) is 10.7 Å². The zero-order valence-corrected chi connectivity index (χ0v) is 37.9. The molecule has 356 valence electrons. The monoisotopic (exact) mass is 926 g/mol. The molecule has 2 aromatic carbocycles. The maximum absolute atomic E-state index is 14.9. The van der Waals surface area contributed by atoms with E-state index in [4.69, 9.17) is 15.5 Å². The van der Waals surface area contributed by atoms with Gasteiger partial charge in [0.25, 0.3) is 18.2 Å². The molecule has 1 aromatic heterocycles. The first-order valence-electron chi connectivity index (χ1n) is 23.5. The second kappa shape index (κ2) is 21.2. The van der Waals surface area contributed by atoms with Crippen LogP contribution in [-0.2, 0) is 32.1 Å². The van der Waals surface area contributed by atoms with Crippen molar-refractivity contribution in [2.75, 3.05) is 51.3 Å². The number of ether oxygens (including phenoxy) is 1. The zero-order chi connectivity index (χ0) is 47.2. The summed E-state index contributed by atoms with van der Waals surface area (Å²) < 4.78 is 39.0. The number of hydrogen-bond donors (Lipinski definition) is 4. The molecular weight excluding hydrogens is 867 g/mol. The number of anilines is 1. The van der Waals surface area contributed by atoms with Crippen molar-refractivity contribution < 1.29 is 47.1 Å². The third-order valence-corrected chi connectivity index (χ3v) is 13.3. The van der Waals surface area contributed by atoms with Gasteiger partial charge in [0.15, 0.2) is 12.3 Å². The minimum absolute atomic E-state index is 0.0627. The molecule has 17 nitrogen and oxygen atoms in total. The fraction of sp³-hybridized carbons (Fsp3) is 0.521. The molecule has 6 heterocycles. The highest BCUT2D eigenvalue weighted by molar-refractivity contribution is 6.22. The van der Waals surface area contributed by atoms with E-state index in [-0.39, 0.29) is 36.5 Å². The van der Waals surface area contributed by atoms with Gasteiger partial charge in [-0.2, -0.15) is 5.10 Å². The lowest BCUT2D eigenvalue weighted by Gasteiger charge is -2.28. The number of aliphatic imine (C=N–C) groups is 1. The number of piperidine rings is 1. The van der Waals surface area contributed by atoms with E-state index < -0.39 is 30.5 Å². The molecule has 8 rings (SSSR count). The predicted molar refractivity (Wildman–Crippen MR) is 245 cm³/mol. The topological polar surface area (TPSA) is 208 Å². The number of nitrogens with zero attached hydrogens (tertiary/aromatic N) is 7. The van der Waals surface area contributed by atoms with Crippen LogP contribution in [0.15, 0.2) is 59.5 Å². The first-order valence-corrected chi connectivity index (χ1v) is 23.5. The lowest BCUT2D eigenvalue weighted by atomic mass is 9.93. The molecule has 0 spiro atoms. The second-order valence-electron chi connectivity index (χ2n) is 17.9. The molecule has 0 radical (unpaired) electrons. The van der Waals surface area contributed by atoms with Gasteiger partial charge < -0.3 is 25.4 Å². The number of benzene rings is 2. The van der Waals surface area contributed by atoms with Gasteiger partial charge in [-0.15, -0.1) is 0 Å². The Bertz CT molecular complexity index is 2500. The standard InChI is InChI=1S/C48H58F2N10O7/c1-30(61)56-20-13-40(55-33-14-21-67-22-15-33)39(28-56)45(51)58-18-7-9-31-23-36(37(44(49)50)25-42(31)58)32-26-54-57(27-32)29-43(62)53-17-6-4-2-3-5-16-52-34-11-12-35-38(24-34)47(64)60(46(35)63)41-10-8-19-59(66)48(41)65/h11-12,23-28,33,41,44,46,51-52,63H,2-10,13-22,29H2,1H3/p+2. The highest BCUT2D eigenvalue weighted by Gasteiger charge is 2.49. The van der Waals surface area contributed by atoms with Crippen LogP contribution in [0.2, 0.25) is 0 Å². The summed E-state index contributed by atoms with van der Waals surface area (Å²) in [7, 11) is 0. The number of alkyl halides is 2. The Morgan fingerprint density at radius 2 is 1.78 bits per heavy atom. The highest BCUT2D eigenvalue weighted by Crippen LogP contribution is 2.40. The first kappa shape index (κ1) is 47.3. The van der Waals surface area contributed by atoms with Crippen LogP contribution in [0.4, 0.5) is 20.2 Å². The molecule has 2 fully saturated rings. The van der Waals surface area contributed by atoms with Gasteiger partial charge >= 0.3 is 5.91 Å². The van der Waals surface area contributed by atoms with Gasteiger partial charge in [0.1, 0.15) is 17.8 Å². The Morgan fingerprint density at radius 1 is 1.00 bits per heavy atom. The summed E-state index contributed by atoms with van der Waals surface area (Å²) >= 11 is 0. The SMILES string of the molecule is CC(=O)N1C=C(C(N)=[N+]2CCCc3cc(-c4cnn(CC(=O)NCCCCCCCNc5ccc6c(c5)C(=O)N(C5CCC[N+](=O)C5=O)C6O)c4)c(C(F)F)cc32)C(=NC2CCOCC2)CC1. The average molecular weight is 927 g/mol. The van der Waals surface area contributed by atoms with Crippen LogP contribution >= 0.6 is 0 Å². The average Bonchev–Trinajstić information content (AvgIpc) is 3.89. The van der Waals surface area contributed by atoms with Crippen LogP contribution in [0.5, 0.6) is 0 Å². The number of aliphatic hydroxyl groups is 1. The van der Waals surface area contributed by atoms with Crippen LogP contribution < -0.4 is 16.4 Å². The predicted octanol–water partition coefficient (Wildman–Crippen LogP) is 5.28. The van der Waals surface area contributed by atoms with Gasteiger partial charge in [-0.25, -0.2) is 18.2 Å². The molecule has 0 saturated carbocycles. The molecule has 5 aliphatic heterocycles. The molecule has 67 heavy (non-hydrogen) atoms. The van der Waals surface area contributed by atoms with E-state index in [0.717, 1.165) is 73.2 Å². The summed E-state index contributed by atoms with van der Waals surface area (Å²) in [5.41, 5.74) is 11.9. The fourth-order valence-electron chi connectivity index (χ4n) is 9.67. The molecule has 5 aliphatic rings. The number of fused-ring (bicyclic) bond motifs is 2. The van der Waals surface area contributed by atoms with E-state index in [2.05, 4.69) is 15.7 Å². The van der Waals surface area contributed by atoms with Crippen molar-refractivity contribution in [3.8, 4) is 11.1 Å². The molecule has 0 aliphatic carbocycles. The number of unbranched alkanes of at least 4 members (excludes halogenated alkanes) is 4. The second-order valence-corrected chi connectivity index (χ2v) is 17.9. The minimum Gasteiger partial charge on any atom is -0.385 e. The number of aryl methyl sites for hydroxylation is 1. The van der Waals surface area contributed by atoms with Crippen LogP contribution in [-0.4, -0.2) is 127 Å². The van der Waals surface area contributed by atoms with Gasteiger partial charge in [0.05, 0.1) is 29.3 Å². The third kappa shape index (κ3) is 10.7. The normalized spacial score (nSPS) is 21.4. The van der Waals surface area contributed by atoms with Crippen molar-refractivity contribution in [3.63, 3.8) is 0 Å². The fourth-order valence-corrected chi connectivity index (χ4v) is 9.67. The van der Waals surface area contributed by atoms with E-state index in [1.807, 2.05) is 4.58 Å². The number of rotatable bonds is 16. The number of nitrogens with one attached hydrogen (secondary N) is 2. The van der Waals surface area contributed by atoms with Crippen LogP contribution in [0, 0.1) is 4.91 Å². The third-order valence-electron chi connectivity index (χ3n) is 13.3. The quantitative estimate of drug-likeness (QED) is 0.0830. The molecule has 5 N–H and O–H groups in total. The van der Waals surface area contributed by atoms with Crippen molar-refractivity contribution in [1.82, 2.24) is 24.9 Å². The van der Waals surface area contributed by atoms with Crippen molar-refractivity contribution in [2.45, 2.75) is 115 Å². The summed E-state index contributed by atoms with van der Waals surface area (Å²) in [6.45, 7) is 4.94. The van der Waals surface area contributed by atoms with E-state index in [1.54, 1.807) is 41.6 Å². The number of aliphatic hydroxyl groups excluding tert-OH is 1.